The number of aromatic nitrogens is 4. The number of rotatable bonds is 3. The predicted octanol–water partition coefficient (Wildman–Crippen LogP) is 2.85. The molecular weight excluding hydrogens is 352 g/mol. The van der Waals surface area contributed by atoms with Crippen molar-refractivity contribution in [3.05, 3.63) is 22.7 Å². The minimum absolute atomic E-state index is 0.0660. The lowest BCUT2D eigenvalue weighted by Gasteiger charge is -2.32. The van der Waals surface area contributed by atoms with Crippen LogP contribution in [0.15, 0.2) is 10.7 Å². The number of carbonyl (C=O) groups is 1. The smallest absolute Gasteiger partial charge is 0.322 e. The van der Waals surface area contributed by atoms with Gasteiger partial charge < -0.3 is 9.32 Å². The largest absolute Gasteiger partial charge is 0.408 e. The zero-order valence-corrected chi connectivity index (χ0v) is 15.8. The first-order chi connectivity index (χ1) is 12.5. The monoisotopic (exact) mass is 372 g/mol. The van der Waals surface area contributed by atoms with E-state index in [2.05, 4.69) is 44.2 Å². The summed E-state index contributed by atoms with van der Waals surface area (Å²) in [7, 11) is 0. The van der Waals surface area contributed by atoms with Gasteiger partial charge in [0.25, 0.3) is 0 Å². The molecule has 4 heterocycles. The maximum Gasteiger partial charge on any atom is 0.322 e. The fraction of sp³-hybridized carbons (Fsp3) is 0.471. The van der Waals surface area contributed by atoms with Gasteiger partial charge in [-0.2, -0.15) is 0 Å². The summed E-state index contributed by atoms with van der Waals surface area (Å²) in [5.74, 6) is 1.28. The van der Waals surface area contributed by atoms with Crippen LogP contribution in [0, 0.1) is 26.7 Å². The number of anilines is 2. The lowest BCUT2D eigenvalue weighted by atomic mass is 9.95. The van der Waals surface area contributed by atoms with Gasteiger partial charge in [0.2, 0.25) is 11.8 Å². The van der Waals surface area contributed by atoms with Crippen LogP contribution in [-0.4, -0.2) is 39.2 Å². The topological polar surface area (TPSA) is 97.0 Å². The zero-order valence-electron chi connectivity index (χ0n) is 14.9. The van der Waals surface area contributed by atoms with Crippen molar-refractivity contribution in [1.82, 2.24) is 20.2 Å². The molecule has 4 rings (SSSR count). The van der Waals surface area contributed by atoms with Crippen LogP contribution in [-0.2, 0) is 4.79 Å². The number of fused-ring (bicyclic) bond motifs is 1. The molecule has 1 N–H and O–H groups in total. The van der Waals surface area contributed by atoms with Crippen molar-refractivity contribution >= 4 is 39.3 Å². The average molecular weight is 372 g/mol. The fourth-order valence-electron chi connectivity index (χ4n) is 3.31. The van der Waals surface area contributed by atoms with Gasteiger partial charge in [-0.05, 0) is 32.3 Å². The summed E-state index contributed by atoms with van der Waals surface area (Å²) < 4.78 is 5.22. The van der Waals surface area contributed by atoms with Gasteiger partial charge in [0.1, 0.15) is 17.0 Å². The highest BCUT2D eigenvalue weighted by Gasteiger charge is 2.28. The fourth-order valence-corrected chi connectivity index (χ4v) is 4.30. The Labute approximate surface area is 154 Å². The number of hydrogen-bond acceptors (Lipinski definition) is 8. The summed E-state index contributed by atoms with van der Waals surface area (Å²) in [5.41, 5.74) is 1.24. The molecule has 1 saturated heterocycles. The van der Waals surface area contributed by atoms with E-state index >= 15 is 0 Å². The quantitative estimate of drug-likeness (QED) is 0.755. The van der Waals surface area contributed by atoms with Crippen LogP contribution in [0.5, 0.6) is 0 Å². The molecule has 0 bridgehead atoms. The van der Waals surface area contributed by atoms with E-state index in [-0.39, 0.29) is 17.8 Å². The van der Waals surface area contributed by atoms with Crippen molar-refractivity contribution in [3.8, 4) is 0 Å². The number of nitrogens with one attached hydrogen (secondary N) is 1. The minimum atomic E-state index is -0.0684. The van der Waals surface area contributed by atoms with Crippen LogP contribution < -0.4 is 10.2 Å². The minimum Gasteiger partial charge on any atom is -0.408 e. The van der Waals surface area contributed by atoms with E-state index in [1.807, 2.05) is 0 Å². The molecule has 0 atom stereocenters. The summed E-state index contributed by atoms with van der Waals surface area (Å²) in [6.45, 7) is 7.48. The zero-order chi connectivity index (χ0) is 18.3. The highest BCUT2D eigenvalue weighted by atomic mass is 32.1. The third-order valence-corrected chi connectivity index (χ3v) is 5.98. The van der Waals surface area contributed by atoms with Crippen molar-refractivity contribution in [2.45, 2.75) is 33.6 Å². The van der Waals surface area contributed by atoms with E-state index < -0.39 is 0 Å². The van der Waals surface area contributed by atoms with Crippen LogP contribution in [0.3, 0.4) is 0 Å². The molecule has 0 radical (unpaired) electrons. The molecule has 1 amide bonds. The molecule has 0 aromatic carbocycles. The van der Waals surface area contributed by atoms with E-state index in [9.17, 15) is 4.79 Å². The SMILES string of the molecule is Cc1nnc(NC(=O)C2CCN(c3ncnc4sc(C)c(C)c34)CC2)o1. The standard InChI is InChI=1S/C17H20N6O2S/c1-9-10(2)26-16-13(9)14(18-8-19-16)23-6-4-12(5-7-23)15(24)20-17-22-21-11(3)25-17/h8,12H,4-7H2,1-3H3,(H,20,22,24). The first-order valence-corrected chi connectivity index (χ1v) is 9.41. The Morgan fingerprint density at radius 1 is 1.23 bits per heavy atom. The second kappa shape index (κ2) is 6.64. The summed E-state index contributed by atoms with van der Waals surface area (Å²) in [4.78, 5) is 25.9. The third-order valence-electron chi connectivity index (χ3n) is 4.87. The Morgan fingerprint density at radius 2 is 2.00 bits per heavy atom. The van der Waals surface area contributed by atoms with Crippen LogP contribution in [0.25, 0.3) is 10.2 Å². The van der Waals surface area contributed by atoms with Gasteiger partial charge in [-0.1, -0.05) is 5.10 Å². The van der Waals surface area contributed by atoms with Gasteiger partial charge in [-0.3, -0.25) is 10.1 Å². The maximum atomic E-state index is 12.4. The van der Waals surface area contributed by atoms with Gasteiger partial charge in [-0.15, -0.1) is 16.4 Å². The maximum absolute atomic E-state index is 12.4. The second-order valence-electron chi connectivity index (χ2n) is 6.54. The third kappa shape index (κ3) is 3.03. The number of amides is 1. The number of carbonyl (C=O) groups excluding carboxylic acids is 1. The van der Waals surface area contributed by atoms with E-state index in [0.29, 0.717) is 5.89 Å². The first kappa shape index (κ1) is 16.9. The van der Waals surface area contributed by atoms with Crippen molar-refractivity contribution in [1.29, 1.82) is 0 Å². The molecule has 26 heavy (non-hydrogen) atoms. The molecule has 9 heteroatoms. The van der Waals surface area contributed by atoms with E-state index in [1.165, 1.54) is 10.4 Å². The molecule has 0 spiro atoms. The van der Waals surface area contributed by atoms with Gasteiger partial charge in [0.15, 0.2) is 0 Å². The number of piperidine rings is 1. The molecule has 136 valence electrons. The summed E-state index contributed by atoms with van der Waals surface area (Å²) in [6, 6.07) is 0.164. The van der Waals surface area contributed by atoms with Crippen molar-refractivity contribution in [3.63, 3.8) is 0 Å². The first-order valence-electron chi connectivity index (χ1n) is 8.59. The number of aryl methyl sites for hydroxylation is 3. The summed E-state index contributed by atoms with van der Waals surface area (Å²) in [5, 5.41) is 11.4. The Morgan fingerprint density at radius 3 is 2.69 bits per heavy atom. The molecule has 8 nitrogen and oxygen atoms in total. The summed E-state index contributed by atoms with van der Waals surface area (Å²) in [6.07, 6.45) is 3.14. The van der Waals surface area contributed by atoms with Crippen LogP contribution >= 0.6 is 11.3 Å². The molecule has 0 aliphatic carbocycles. The Hall–Kier alpha value is -2.55. The molecule has 1 aliphatic heterocycles. The molecule has 0 unspecified atom stereocenters. The lowest BCUT2D eigenvalue weighted by Crippen LogP contribution is -2.38. The van der Waals surface area contributed by atoms with Gasteiger partial charge in [-0.25, -0.2) is 9.97 Å². The Bertz CT molecular complexity index is 957. The van der Waals surface area contributed by atoms with Crippen molar-refractivity contribution in [2.75, 3.05) is 23.3 Å². The van der Waals surface area contributed by atoms with E-state index in [0.717, 1.165) is 42.0 Å². The normalized spacial score (nSPS) is 15.6. The highest BCUT2D eigenvalue weighted by Crippen LogP contribution is 2.35. The number of thiophene rings is 1. The molecular formula is C17H20N6O2S. The van der Waals surface area contributed by atoms with Crippen LogP contribution in [0.2, 0.25) is 0 Å². The Balaban J connectivity index is 1.46. The summed E-state index contributed by atoms with van der Waals surface area (Å²) >= 11 is 1.70. The average Bonchev–Trinajstić information content (AvgIpc) is 3.18. The molecule has 1 fully saturated rings. The van der Waals surface area contributed by atoms with Crippen molar-refractivity contribution in [2.24, 2.45) is 5.92 Å². The predicted molar refractivity (Wildman–Crippen MR) is 99.5 cm³/mol. The van der Waals surface area contributed by atoms with Crippen LogP contribution in [0.4, 0.5) is 11.8 Å². The highest BCUT2D eigenvalue weighted by molar-refractivity contribution is 7.18. The molecule has 3 aromatic rings. The van der Waals surface area contributed by atoms with E-state index in [4.69, 9.17) is 4.42 Å². The second-order valence-corrected chi connectivity index (χ2v) is 7.74. The number of nitrogens with zero attached hydrogens (tertiary/aromatic N) is 5. The molecule has 0 saturated carbocycles. The van der Waals surface area contributed by atoms with Gasteiger partial charge in [0.05, 0.1) is 5.39 Å². The van der Waals surface area contributed by atoms with Gasteiger partial charge in [0, 0.05) is 30.8 Å². The molecule has 1 aliphatic rings. The number of hydrogen-bond donors (Lipinski definition) is 1. The Kier molecular flexibility index (Phi) is 4.31. The van der Waals surface area contributed by atoms with Crippen LogP contribution in [0.1, 0.15) is 29.2 Å². The van der Waals surface area contributed by atoms with E-state index in [1.54, 1.807) is 24.6 Å². The van der Waals surface area contributed by atoms with Crippen molar-refractivity contribution < 1.29 is 9.21 Å². The van der Waals surface area contributed by atoms with Gasteiger partial charge >= 0.3 is 6.01 Å². The molecule has 3 aromatic heterocycles. The lowest BCUT2D eigenvalue weighted by molar-refractivity contribution is -0.120.